The zero-order valence-corrected chi connectivity index (χ0v) is 10.7. The van der Waals surface area contributed by atoms with Crippen molar-refractivity contribution >= 4 is 0 Å². The molecule has 0 spiro atoms. The van der Waals surface area contributed by atoms with Crippen LogP contribution in [0.2, 0.25) is 0 Å². The number of nitrogens with zero attached hydrogens (tertiary/aromatic N) is 1. The third-order valence-electron chi connectivity index (χ3n) is 2.85. The summed E-state index contributed by atoms with van der Waals surface area (Å²) in [6, 6.07) is 6.34. The highest BCUT2D eigenvalue weighted by Crippen LogP contribution is 2.20. The van der Waals surface area contributed by atoms with Crippen molar-refractivity contribution in [3.05, 3.63) is 35.6 Å². The summed E-state index contributed by atoms with van der Waals surface area (Å²) in [6.45, 7) is 3.41. The summed E-state index contributed by atoms with van der Waals surface area (Å²) in [7, 11) is 3.97. The number of halogens is 1. The first kappa shape index (κ1) is 14.1. The van der Waals surface area contributed by atoms with Gasteiger partial charge in [-0.3, -0.25) is 0 Å². The Hall–Kier alpha value is -0.970. The van der Waals surface area contributed by atoms with Gasteiger partial charge in [-0.05, 0) is 38.7 Å². The quantitative estimate of drug-likeness (QED) is 0.784. The van der Waals surface area contributed by atoms with Crippen LogP contribution in [-0.2, 0) is 5.54 Å². The van der Waals surface area contributed by atoms with Crippen LogP contribution in [0.3, 0.4) is 0 Å². The van der Waals surface area contributed by atoms with E-state index in [0.29, 0.717) is 0 Å². The number of aliphatic hydroxyl groups is 1. The normalized spacial score (nSPS) is 14.9. The Labute approximate surface area is 102 Å². The van der Waals surface area contributed by atoms with Gasteiger partial charge in [0.25, 0.3) is 0 Å². The highest BCUT2D eigenvalue weighted by Gasteiger charge is 2.25. The van der Waals surface area contributed by atoms with Gasteiger partial charge < -0.3 is 15.3 Å². The van der Waals surface area contributed by atoms with E-state index in [9.17, 15) is 9.50 Å². The van der Waals surface area contributed by atoms with Crippen molar-refractivity contribution in [3.8, 4) is 0 Å². The number of benzene rings is 1. The monoisotopic (exact) mass is 240 g/mol. The Morgan fingerprint density at radius 2 is 2.12 bits per heavy atom. The lowest BCUT2D eigenvalue weighted by Crippen LogP contribution is -2.45. The van der Waals surface area contributed by atoms with E-state index >= 15 is 0 Å². The Morgan fingerprint density at radius 1 is 1.41 bits per heavy atom. The number of hydrogen-bond donors (Lipinski definition) is 2. The molecule has 0 fully saturated rings. The molecule has 0 aliphatic heterocycles. The van der Waals surface area contributed by atoms with Gasteiger partial charge in [-0.25, -0.2) is 4.39 Å². The maximum atomic E-state index is 13.2. The highest BCUT2D eigenvalue weighted by molar-refractivity contribution is 5.24. The van der Waals surface area contributed by atoms with Crippen LogP contribution in [0.25, 0.3) is 0 Å². The van der Waals surface area contributed by atoms with Crippen LogP contribution in [0.5, 0.6) is 0 Å². The number of hydrogen-bond acceptors (Lipinski definition) is 3. The molecular formula is C13H21FN2O. The topological polar surface area (TPSA) is 35.5 Å². The first-order valence-corrected chi connectivity index (χ1v) is 5.74. The predicted octanol–water partition coefficient (Wildman–Crippen LogP) is 1.18. The van der Waals surface area contributed by atoms with E-state index in [1.807, 2.05) is 27.1 Å². The van der Waals surface area contributed by atoms with Crippen LogP contribution in [0.4, 0.5) is 4.39 Å². The van der Waals surface area contributed by atoms with Crippen LogP contribution in [-0.4, -0.2) is 43.8 Å². The van der Waals surface area contributed by atoms with Crippen molar-refractivity contribution in [3.63, 3.8) is 0 Å². The van der Waals surface area contributed by atoms with Gasteiger partial charge >= 0.3 is 0 Å². The first-order chi connectivity index (χ1) is 7.98. The standard InChI is InChI=1S/C13H21FN2O/c1-13(10-17,15-7-8-16(2)3)11-5-4-6-12(14)9-11/h4-6,9,15,17H,7-8,10H2,1-3H3. The molecule has 0 radical (unpaired) electrons. The van der Waals surface area contributed by atoms with Gasteiger partial charge in [0.05, 0.1) is 12.1 Å². The maximum absolute atomic E-state index is 13.2. The summed E-state index contributed by atoms with van der Waals surface area (Å²) in [5, 5.41) is 12.8. The van der Waals surface area contributed by atoms with Gasteiger partial charge in [0.15, 0.2) is 0 Å². The van der Waals surface area contributed by atoms with Gasteiger partial charge in [-0.1, -0.05) is 12.1 Å². The summed E-state index contributed by atoms with van der Waals surface area (Å²) in [5.74, 6) is -0.281. The smallest absolute Gasteiger partial charge is 0.123 e. The second-order valence-corrected chi connectivity index (χ2v) is 4.73. The minimum Gasteiger partial charge on any atom is -0.394 e. The molecule has 96 valence electrons. The second-order valence-electron chi connectivity index (χ2n) is 4.73. The summed E-state index contributed by atoms with van der Waals surface area (Å²) in [5.41, 5.74) is 0.164. The highest BCUT2D eigenvalue weighted by atomic mass is 19.1. The fraction of sp³-hybridized carbons (Fsp3) is 0.538. The first-order valence-electron chi connectivity index (χ1n) is 5.74. The van der Waals surface area contributed by atoms with Gasteiger partial charge in [0, 0.05) is 13.1 Å². The van der Waals surface area contributed by atoms with Gasteiger partial charge in [0.2, 0.25) is 0 Å². The molecule has 1 atom stereocenters. The summed E-state index contributed by atoms with van der Waals surface area (Å²) < 4.78 is 13.2. The SMILES string of the molecule is CN(C)CCNC(C)(CO)c1cccc(F)c1. The zero-order chi connectivity index (χ0) is 12.9. The number of aliphatic hydroxyl groups excluding tert-OH is 1. The van der Waals surface area contributed by atoms with Crippen molar-refractivity contribution < 1.29 is 9.50 Å². The molecule has 0 aliphatic rings. The molecule has 1 aromatic carbocycles. The summed E-state index contributed by atoms with van der Waals surface area (Å²) in [4.78, 5) is 2.05. The molecule has 0 saturated carbocycles. The lowest BCUT2D eigenvalue weighted by atomic mass is 9.93. The lowest BCUT2D eigenvalue weighted by Gasteiger charge is -2.30. The fourth-order valence-electron chi connectivity index (χ4n) is 1.64. The van der Waals surface area contributed by atoms with Gasteiger partial charge in [-0.2, -0.15) is 0 Å². The van der Waals surface area contributed by atoms with Crippen molar-refractivity contribution in [2.45, 2.75) is 12.5 Å². The molecule has 2 N–H and O–H groups in total. The molecule has 4 heteroatoms. The number of rotatable bonds is 6. The molecular weight excluding hydrogens is 219 g/mol. The Morgan fingerprint density at radius 3 is 2.65 bits per heavy atom. The average Bonchev–Trinajstić information content (AvgIpc) is 2.28. The third kappa shape index (κ3) is 4.07. The molecule has 1 aromatic rings. The number of likely N-dealkylation sites (N-methyl/N-ethyl adjacent to an activating group) is 1. The molecule has 0 aromatic heterocycles. The van der Waals surface area contributed by atoms with Crippen LogP contribution in [0.1, 0.15) is 12.5 Å². The van der Waals surface area contributed by atoms with E-state index in [0.717, 1.165) is 18.7 Å². The van der Waals surface area contributed by atoms with Gasteiger partial charge in [0.1, 0.15) is 5.82 Å². The molecule has 0 aliphatic carbocycles. The van der Waals surface area contributed by atoms with E-state index in [1.54, 1.807) is 6.07 Å². The van der Waals surface area contributed by atoms with Crippen LogP contribution in [0.15, 0.2) is 24.3 Å². The Bertz CT molecular complexity index is 357. The van der Waals surface area contributed by atoms with Crippen LogP contribution in [0, 0.1) is 5.82 Å². The van der Waals surface area contributed by atoms with Gasteiger partial charge in [-0.15, -0.1) is 0 Å². The van der Waals surface area contributed by atoms with Crippen molar-refractivity contribution in [1.82, 2.24) is 10.2 Å². The molecule has 0 heterocycles. The largest absolute Gasteiger partial charge is 0.394 e. The maximum Gasteiger partial charge on any atom is 0.123 e. The van der Waals surface area contributed by atoms with E-state index in [2.05, 4.69) is 10.2 Å². The molecule has 0 amide bonds. The minimum atomic E-state index is -0.599. The lowest BCUT2D eigenvalue weighted by molar-refractivity contribution is 0.171. The van der Waals surface area contributed by atoms with E-state index in [-0.39, 0.29) is 12.4 Å². The predicted molar refractivity (Wildman–Crippen MR) is 67.4 cm³/mol. The molecule has 0 bridgehead atoms. The van der Waals surface area contributed by atoms with E-state index in [1.165, 1.54) is 12.1 Å². The van der Waals surface area contributed by atoms with Crippen LogP contribution < -0.4 is 5.32 Å². The third-order valence-corrected chi connectivity index (χ3v) is 2.85. The van der Waals surface area contributed by atoms with Crippen molar-refractivity contribution in [2.24, 2.45) is 0 Å². The molecule has 1 rings (SSSR count). The molecule has 3 nitrogen and oxygen atoms in total. The zero-order valence-electron chi connectivity index (χ0n) is 10.7. The van der Waals surface area contributed by atoms with Crippen molar-refractivity contribution in [2.75, 3.05) is 33.8 Å². The fourth-order valence-corrected chi connectivity index (χ4v) is 1.64. The number of nitrogens with one attached hydrogen (secondary N) is 1. The second kappa shape index (κ2) is 6.10. The summed E-state index contributed by atoms with van der Waals surface area (Å²) >= 11 is 0. The molecule has 0 saturated heterocycles. The molecule has 1 unspecified atom stereocenters. The van der Waals surface area contributed by atoms with E-state index < -0.39 is 5.54 Å². The Balaban J connectivity index is 2.73. The van der Waals surface area contributed by atoms with Crippen molar-refractivity contribution in [1.29, 1.82) is 0 Å². The average molecular weight is 240 g/mol. The minimum absolute atomic E-state index is 0.0656. The summed E-state index contributed by atoms with van der Waals surface area (Å²) in [6.07, 6.45) is 0. The van der Waals surface area contributed by atoms with E-state index in [4.69, 9.17) is 0 Å². The molecule has 17 heavy (non-hydrogen) atoms. The van der Waals surface area contributed by atoms with Crippen LogP contribution >= 0.6 is 0 Å². The Kier molecular flexibility index (Phi) is 5.05.